The van der Waals surface area contributed by atoms with Crippen molar-refractivity contribution in [2.75, 3.05) is 80.3 Å². The van der Waals surface area contributed by atoms with Gasteiger partial charge in [0, 0.05) is 77.7 Å². The van der Waals surface area contributed by atoms with Gasteiger partial charge in [-0.3, -0.25) is 34.7 Å². The molecule has 2 aromatic carbocycles. The van der Waals surface area contributed by atoms with E-state index in [1.54, 1.807) is 45.2 Å². The number of fused-ring (bicyclic) bond motifs is 6. The summed E-state index contributed by atoms with van der Waals surface area (Å²) in [5.41, 5.74) is 3.83. The third kappa shape index (κ3) is 17.2. The van der Waals surface area contributed by atoms with Crippen molar-refractivity contribution >= 4 is 69.9 Å². The fourth-order valence-electron chi connectivity index (χ4n) is 10.2. The van der Waals surface area contributed by atoms with Crippen molar-refractivity contribution in [3.05, 3.63) is 82.5 Å². The number of halogens is 1. The van der Waals surface area contributed by atoms with Gasteiger partial charge in [0.1, 0.15) is 46.8 Å². The van der Waals surface area contributed by atoms with Gasteiger partial charge in [-0.25, -0.2) is 14.6 Å². The number of methoxy groups -OCH3 is 2. The highest BCUT2D eigenvalue weighted by Crippen LogP contribution is 2.49. The summed E-state index contributed by atoms with van der Waals surface area (Å²) >= 11 is 6.82. The molecule has 6 rings (SSSR count). The van der Waals surface area contributed by atoms with Gasteiger partial charge in [0.05, 0.1) is 64.7 Å². The summed E-state index contributed by atoms with van der Waals surface area (Å²) in [6.45, 7) is 8.04. The number of aliphatic carboxylic acids is 1. The Hall–Kier alpha value is -6.64. The third-order valence-electron chi connectivity index (χ3n) is 15.4. The highest BCUT2D eigenvalue weighted by molar-refractivity contribution is 6.35. The number of allylic oxidation sites excluding steroid dienone is 3. The molecule has 24 nitrogen and oxygen atoms in total. The molecular weight excluding hydrogens is 1100 g/mol. The molecule has 4 bridgehead atoms. The lowest BCUT2D eigenvalue weighted by Gasteiger charge is -2.42. The molecule has 83 heavy (non-hydrogen) atoms. The van der Waals surface area contributed by atoms with Crippen LogP contribution in [-0.2, 0) is 76.7 Å². The zero-order chi connectivity index (χ0) is 60.8. The Balaban J connectivity index is 1.00. The molecule has 0 aliphatic carbocycles. The monoisotopic (exact) mass is 1180 g/mol. The highest BCUT2D eigenvalue weighted by Gasteiger charge is 2.64. The minimum atomic E-state index is -1.89. The topological polar surface area (TPSA) is 291 Å². The number of nitrogens with zero attached hydrogens (tertiary/aromatic N) is 4. The quantitative estimate of drug-likeness (QED) is 0.0302. The Kier molecular flexibility index (Phi) is 23.5. The molecule has 4 heterocycles. The first-order valence-electron chi connectivity index (χ1n) is 27.7. The summed E-state index contributed by atoms with van der Waals surface area (Å²) in [5, 5.41) is 32.2. The summed E-state index contributed by atoms with van der Waals surface area (Å²) in [7, 11) is 9.58. The summed E-state index contributed by atoms with van der Waals surface area (Å²) in [4.78, 5) is 95.3. The Bertz CT molecular complexity index is 2870. The van der Waals surface area contributed by atoms with Gasteiger partial charge in [-0.05, 0) is 75.9 Å². The first-order chi connectivity index (χ1) is 39.4. The number of alkyl carbamates (subject to hydrolysis) is 1. The lowest BCUT2D eigenvalue weighted by atomic mass is 9.83. The average molecular weight is 1180 g/mol. The standard InChI is InChI=1S/C58H81ClN8O16/c1-35-14-13-17-46(78-10)58(76)33-45(81-56(75)63-58)36(2)53-57(4,83-53)47(32-50(70)66(8)43-29-38(28-35)30-44(77-9)52(43)59)82-55(74)37(3)65(7)49(69)21-24-79-26-27-80-25-22-61-54(73)41(18-19-51(71)72)62-48(68)20-23-67-40(34-64(6)60-5)31-39-15-11-12-16-42(39)67/h11-17,29-31,36-37,41,45-47,53,60,76H,18-28,32-34H2,1-10H3,(H,61,73)(H,62,68)(H,63,75)(H,71,72)/b17-13+,35-14+/t36-,37+,41+,45+,46-,47+,53?,57+,58+/m1/s1. The van der Waals surface area contributed by atoms with Gasteiger partial charge in [-0.1, -0.05) is 60.5 Å². The second-order valence-electron chi connectivity index (χ2n) is 21.4. The number of anilines is 1. The molecule has 3 aliphatic rings. The van der Waals surface area contributed by atoms with Gasteiger partial charge in [0.25, 0.3) is 0 Å². The zero-order valence-electron chi connectivity index (χ0n) is 49.0. The maximum absolute atomic E-state index is 14.4. The smallest absolute Gasteiger partial charge is 0.409 e. The largest absolute Gasteiger partial charge is 0.495 e. The third-order valence-corrected chi connectivity index (χ3v) is 15.8. The van der Waals surface area contributed by atoms with Crippen LogP contribution in [0.25, 0.3) is 10.9 Å². The molecule has 9 atom stereocenters. The number of epoxide rings is 1. The number of carbonyl (C=O) groups excluding carboxylic acids is 6. The van der Waals surface area contributed by atoms with Crippen LogP contribution in [0.1, 0.15) is 77.5 Å². The second-order valence-corrected chi connectivity index (χ2v) is 21.8. The first-order valence-corrected chi connectivity index (χ1v) is 28.1. The van der Waals surface area contributed by atoms with Gasteiger partial charge < -0.3 is 68.4 Å². The van der Waals surface area contributed by atoms with Crippen LogP contribution in [0.5, 0.6) is 5.75 Å². The van der Waals surface area contributed by atoms with E-state index in [0.717, 1.165) is 27.7 Å². The molecule has 2 fully saturated rings. The van der Waals surface area contributed by atoms with Crippen LogP contribution in [0.4, 0.5) is 10.5 Å². The minimum Gasteiger partial charge on any atom is -0.495 e. The van der Waals surface area contributed by atoms with Crippen molar-refractivity contribution in [1.29, 1.82) is 0 Å². The number of amides is 5. The average Bonchev–Trinajstić information content (AvgIpc) is 2.27. The summed E-state index contributed by atoms with van der Waals surface area (Å²) in [6, 6.07) is 11.2. The van der Waals surface area contributed by atoms with Crippen molar-refractivity contribution in [3.8, 4) is 5.75 Å². The van der Waals surface area contributed by atoms with E-state index >= 15 is 0 Å². The van der Waals surface area contributed by atoms with Crippen LogP contribution in [-0.4, -0.2) is 190 Å². The maximum atomic E-state index is 14.4. The normalized spacial score (nSPS) is 24.5. The van der Waals surface area contributed by atoms with E-state index in [2.05, 4.69) is 32.0 Å². The maximum Gasteiger partial charge on any atom is 0.409 e. The molecule has 0 spiro atoms. The molecule has 6 N–H and O–H groups in total. The van der Waals surface area contributed by atoms with Crippen molar-refractivity contribution in [1.82, 2.24) is 35.9 Å². The van der Waals surface area contributed by atoms with E-state index in [9.17, 15) is 43.8 Å². The number of aliphatic hydroxyl groups is 1. The SMILES string of the molecule is CNN(C)Cc1cc2ccccc2n1CCC(=O)N[C@@H](CCC(=O)O)C(=O)NCCOCCOCCC(=O)N(C)[C@@H](C)C(=O)O[C@H]1CC(=O)N(C)c2cc(cc(OC)c2Cl)C/C(C)=C/C=C/[C@@H](OC)[C@@]2(O)C[C@H](OC(=O)N2)[C@@H](C)C2O[C@]21C. The van der Waals surface area contributed by atoms with E-state index in [-0.39, 0.29) is 70.1 Å². The Morgan fingerprint density at radius 3 is 2.43 bits per heavy atom. The molecule has 1 aromatic heterocycles. The number of ether oxygens (including phenoxy) is 7. The lowest BCUT2D eigenvalue weighted by Crippen LogP contribution is -2.63. The van der Waals surface area contributed by atoms with Gasteiger partial charge >= 0.3 is 18.0 Å². The Morgan fingerprint density at radius 2 is 1.73 bits per heavy atom. The lowest BCUT2D eigenvalue weighted by molar-refractivity contribution is -0.162. The van der Waals surface area contributed by atoms with Crippen LogP contribution in [0.2, 0.25) is 5.02 Å². The number of hydrogen-bond acceptors (Lipinski definition) is 17. The van der Waals surface area contributed by atoms with Gasteiger partial charge in [-0.15, -0.1) is 0 Å². The molecule has 25 heteroatoms. The number of nitrogens with one attached hydrogen (secondary N) is 4. The first kappa shape index (κ1) is 65.5. The minimum absolute atomic E-state index is 0.0258. The molecular formula is C58H81ClN8O16. The predicted octanol–water partition coefficient (Wildman–Crippen LogP) is 4.01. The van der Waals surface area contributed by atoms with Crippen LogP contribution in [0.3, 0.4) is 0 Å². The van der Waals surface area contributed by atoms with E-state index in [0.29, 0.717) is 30.9 Å². The molecule has 5 amide bonds. The molecule has 2 saturated heterocycles. The number of esters is 1. The molecule has 1 unspecified atom stereocenters. The van der Waals surface area contributed by atoms with Crippen LogP contribution in [0.15, 0.2) is 66.3 Å². The summed E-state index contributed by atoms with van der Waals surface area (Å²) in [6.07, 6.45) is -0.162. The number of aromatic nitrogens is 1. The number of carboxylic acids is 1. The number of carbonyl (C=O) groups is 7. The van der Waals surface area contributed by atoms with Crippen molar-refractivity contribution in [3.63, 3.8) is 0 Å². The molecule has 3 aliphatic heterocycles. The molecule has 3 aromatic rings. The highest BCUT2D eigenvalue weighted by atomic mass is 35.5. The number of benzene rings is 2. The van der Waals surface area contributed by atoms with E-state index in [4.69, 9.17) is 44.8 Å². The molecule has 456 valence electrons. The van der Waals surface area contributed by atoms with Gasteiger partial charge in [0.2, 0.25) is 23.6 Å². The van der Waals surface area contributed by atoms with Crippen molar-refractivity contribution in [2.45, 2.75) is 134 Å². The van der Waals surface area contributed by atoms with E-state index < -0.39 is 102 Å². The number of hydrogen-bond donors (Lipinski definition) is 6. The number of hydrazine groups is 1. The van der Waals surface area contributed by atoms with Crippen molar-refractivity contribution in [2.24, 2.45) is 5.92 Å². The Morgan fingerprint density at radius 1 is 1.01 bits per heavy atom. The van der Waals surface area contributed by atoms with Gasteiger partial charge in [-0.2, -0.15) is 0 Å². The zero-order valence-corrected chi connectivity index (χ0v) is 49.7. The number of para-hydroxylation sites is 1. The van der Waals surface area contributed by atoms with Crippen molar-refractivity contribution < 1.29 is 76.9 Å². The number of carboxylic acid groups (broad SMARTS) is 1. The molecule has 0 saturated carbocycles. The second kappa shape index (κ2) is 29.7. The van der Waals surface area contributed by atoms with Crippen LogP contribution < -0.4 is 31.0 Å². The predicted molar refractivity (Wildman–Crippen MR) is 306 cm³/mol. The van der Waals surface area contributed by atoms with Crippen LogP contribution in [0, 0.1) is 5.92 Å². The summed E-state index contributed by atoms with van der Waals surface area (Å²) < 4.78 is 42.7. The number of likely N-dealkylation sites (N-methyl/N-ethyl adjacent to an activating group) is 1. The summed E-state index contributed by atoms with van der Waals surface area (Å²) in [5.74, 6) is -4.11. The van der Waals surface area contributed by atoms with E-state index in [1.807, 2.05) is 56.4 Å². The van der Waals surface area contributed by atoms with Gasteiger partial charge in [0.15, 0.2) is 5.72 Å². The number of aryl methyl sites for hydroxylation is 1. The van der Waals surface area contributed by atoms with E-state index in [1.165, 1.54) is 38.0 Å². The fraction of sp³-hybridized carbons (Fsp3) is 0.569. The Labute approximate surface area is 489 Å². The number of rotatable bonds is 25. The fourth-order valence-corrected chi connectivity index (χ4v) is 10.6. The van der Waals surface area contributed by atoms with Crippen LogP contribution >= 0.6 is 11.6 Å². The molecule has 0 radical (unpaired) electrons.